The second-order valence-electron chi connectivity index (χ2n) is 10.1. The maximum Gasteiger partial charge on any atom is 0.307 e. The molecule has 3 N–H and O–H groups in total. The molecular formula is C30H29N5O5S. The zero-order valence-electron chi connectivity index (χ0n) is 22.4. The Morgan fingerprint density at radius 2 is 1.85 bits per heavy atom. The topological polar surface area (TPSA) is 141 Å². The van der Waals surface area contributed by atoms with Gasteiger partial charge in [0.1, 0.15) is 18.2 Å². The first-order chi connectivity index (χ1) is 19.7. The number of sulfonamides is 1. The van der Waals surface area contributed by atoms with Gasteiger partial charge in [0.2, 0.25) is 10.0 Å². The molecule has 41 heavy (non-hydrogen) atoms. The standard InChI is InChI=1S/C30H29N5O5S/c1-2-41(38,39)34-16-21(17-34)35-27(18-40-28-9-4-3-6-20(28)15-29(36)37)25-14-19(10-11-26(25)33-35)22-7-5-8-24-23(22)12-13-32-30(24)31/h3-14,21H,2,15-18H2,1H3,(H2,31,32)(H,36,37). The minimum atomic E-state index is -3.29. The van der Waals surface area contributed by atoms with E-state index >= 15 is 0 Å². The second kappa shape index (κ2) is 10.5. The summed E-state index contributed by atoms with van der Waals surface area (Å²) in [6.45, 7) is 2.42. The number of carboxylic acid groups (broad SMARTS) is 1. The van der Waals surface area contributed by atoms with E-state index in [2.05, 4.69) is 11.1 Å². The first-order valence-corrected chi connectivity index (χ1v) is 14.9. The van der Waals surface area contributed by atoms with Gasteiger partial charge in [0, 0.05) is 35.6 Å². The molecule has 0 aliphatic carbocycles. The molecule has 10 nitrogen and oxygen atoms in total. The first kappa shape index (κ1) is 26.7. The van der Waals surface area contributed by atoms with Crippen molar-refractivity contribution in [3.63, 3.8) is 0 Å². The van der Waals surface area contributed by atoms with Gasteiger partial charge in [0.25, 0.3) is 0 Å². The number of carboxylic acids is 1. The molecule has 1 aliphatic rings. The lowest BCUT2D eigenvalue weighted by Gasteiger charge is -2.38. The quantitative estimate of drug-likeness (QED) is 0.268. The van der Waals surface area contributed by atoms with Crippen molar-refractivity contribution in [1.29, 1.82) is 0 Å². The van der Waals surface area contributed by atoms with E-state index in [1.807, 2.05) is 41.1 Å². The summed E-state index contributed by atoms with van der Waals surface area (Å²) >= 11 is 0. The Kier molecular flexibility index (Phi) is 6.84. The van der Waals surface area contributed by atoms with E-state index in [0.29, 0.717) is 30.2 Å². The number of ether oxygens (including phenoxy) is 1. The van der Waals surface area contributed by atoms with Crippen molar-refractivity contribution < 1.29 is 23.1 Å². The third-order valence-electron chi connectivity index (χ3n) is 7.56. The lowest BCUT2D eigenvalue weighted by molar-refractivity contribution is -0.136. The Balaban J connectivity index is 1.42. The predicted molar refractivity (Wildman–Crippen MR) is 157 cm³/mol. The van der Waals surface area contributed by atoms with Gasteiger partial charge in [-0.25, -0.2) is 13.4 Å². The molecule has 0 bridgehead atoms. The number of para-hydroxylation sites is 1. The van der Waals surface area contributed by atoms with E-state index in [9.17, 15) is 18.3 Å². The number of nitrogens with two attached hydrogens (primary N) is 1. The van der Waals surface area contributed by atoms with Crippen LogP contribution in [0.2, 0.25) is 0 Å². The molecule has 0 unspecified atom stereocenters. The molecule has 1 aliphatic heterocycles. The van der Waals surface area contributed by atoms with Crippen LogP contribution in [0.5, 0.6) is 5.75 Å². The maximum atomic E-state index is 12.4. The number of nitrogens with zero attached hydrogens (tertiary/aromatic N) is 4. The number of hydrogen-bond donors (Lipinski definition) is 2. The summed E-state index contributed by atoms with van der Waals surface area (Å²) in [5.74, 6) is 0.0430. The number of benzene rings is 3. The van der Waals surface area contributed by atoms with Gasteiger partial charge in [0.05, 0.1) is 29.4 Å². The van der Waals surface area contributed by atoms with Gasteiger partial charge in [-0.05, 0) is 47.7 Å². The number of pyridine rings is 1. The van der Waals surface area contributed by atoms with Crippen molar-refractivity contribution in [2.24, 2.45) is 0 Å². The lowest BCUT2D eigenvalue weighted by atomic mass is 9.97. The third kappa shape index (κ3) is 4.98. The molecule has 5 aromatic rings. The van der Waals surface area contributed by atoms with Gasteiger partial charge in [0.15, 0.2) is 0 Å². The molecule has 11 heteroatoms. The van der Waals surface area contributed by atoms with Crippen LogP contribution < -0.4 is 10.5 Å². The van der Waals surface area contributed by atoms with Crippen molar-refractivity contribution in [3.8, 4) is 16.9 Å². The van der Waals surface area contributed by atoms with E-state index in [1.165, 1.54) is 4.31 Å². The number of carbonyl (C=O) groups is 1. The number of aromatic nitrogens is 3. The van der Waals surface area contributed by atoms with Crippen LogP contribution in [-0.2, 0) is 27.8 Å². The van der Waals surface area contributed by atoms with Crippen LogP contribution in [0.15, 0.2) is 72.9 Å². The molecule has 1 saturated heterocycles. The van der Waals surface area contributed by atoms with Crippen molar-refractivity contribution in [2.75, 3.05) is 24.6 Å². The fourth-order valence-electron chi connectivity index (χ4n) is 5.33. The van der Waals surface area contributed by atoms with Crippen LogP contribution in [0.3, 0.4) is 0 Å². The van der Waals surface area contributed by atoms with Gasteiger partial charge >= 0.3 is 5.97 Å². The highest BCUT2D eigenvalue weighted by atomic mass is 32.2. The van der Waals surface area contributed by atoms with Crippen LogP contribution in [0.25, 0.3) is 32.8 Å². The Morgan fingerprint density at radius 3 is 2.63 bits per heavy atom. The molecule has 3 heterocycles. The summed E-state index contributed by atoms with van der Waals surface area (Å²) in [4.78, 5) is 15.6. The summed E-state index contributed by atoms with van der Waals surface area (Å²) in [6.07, 6.45) is 1.53. The van der Waals surface area contributed by atoms with E-state index in [4.69, 9.17) is 15.6 Å². The van der Waals surface area contributed by atoms with Gasteiger partial charge in [-0.3, -0.25) is 9.48 Å². The zero-order valence-corrected chi connectivity index (χ0v) is 23.2. The smallest absolute Gasteiger partial charge is 0.307 e. The average molecular weight is 572 g/mol. The molecule has 0 saturated carbocycles. The zero-order chi connectivity index (χ0) is 28.7. The van der Waals surface area contributed by atoms with E-state index in [1.54, 1.807) is 37.4 Å². The van der Waals surface area contributed by atoms with E-state index in [0.717, 1.165) is 38.5 Å². The number of fused-ring (bicyclic) bond motifs is 2. The molecule has 1 fully saturated rings. The number of nitrogen functional groups attached to an aromatic ring is 1. The second-order valence-corrected chi connectivity index (χ2v) is 12.3. The monoisotopic (exact) mass is 571 g/mol. The fourth-order valence-corrected chi connectivity index (χ4v) is 6.49. The van der Waals surface area contributed by atoms with Crippen LogP contribution >= 0.6 is 0 Å². The lowest BCUT2D eigenvalue weighted by Crippen LogP contribution is -2.51. The largest absolute Gasteiger partial charge is 0.487 e. The van der Waals surface area contributed by atoms with Crippen molar-refractivity contribution in [2.45, 2.75) is 26.0 Å². The maximum absolute atomic E-state index is 12.4. The highest BCUT2D eigenvalue weighted by Crippen LogP contribution is 2.35. The predicted octanol–water partition coefficient (Wildman–Crippen LogP) is 4.25. The molecular weight excluding hydrogens is 542 g/mol. The molecule has 3 aromatic carbocycles. The Hall–Kier alpha value is -4.48. The summed E-state index contributed by atoms with van der Waals surface area (Å²) in [7, 11) is -3.29. The summed E-state index contributed by atoms with van der Waals surface area (Å²) in [6, 6.07) is 20.8. The summed E-state index contributed by atoms with van der Waals surface area (Å²) < 4.78 is 34.3. The molecule has 0 spiro atoms. The Bertz CT molecular complexity index is 1900. The first-order valence-electron chi connectivity index (χ1n) is 13.3. The Morgan fingerprint density at radius 1 is 1.05 bits per heavy atom. The molecule has 0 amide bonds. The SMILES string of the molecule is CCS(=O)(=O)N1CC(n2nc3ccc(-c4cccc5c(N)nccc45)cc3c2COc2ccccc2CC(=O)O)C1. The fraction of sp³-hybridized carbons (Fsp3) is 0.233. The highest BCUT2D eigenvalue weighted by Gasteiger charge is 2.37. The molecule has 0 atom stereocenters. The van der Waals surface area contributed by atoms with Crippen LogP contribution in [-0.4, -0.2) is 57.4 Å². The molecule has 0 radical (unpaired) electrons. The van der Waals surface area contributed by atoms with Gasteiger partial charge in [-0.1, -0.05) is 42.5 Å². The van der Waals surface area contributed by atoms with Crippen molar-refractivity contribution >= 4 is 43.5 Å². The van der Waals surface area contributed by atoms with Gasteiger partial charge in [-0.2, -0.15) is 9.40 Å². The van der Waals surface area contributed by atoms with Crippen LogP contribution in [0.4, 0.5) is 5.82 Å². The van der Waals surface area contributed by atoms with Crippen LogP contribution in [0.1, 0.15) is 24.2 Å². The number of rotatable bonds is 9. The van der Waals surface area contributed by atoms with Crippen LogP contribution in [0, 0.1) is 0 Å². The number of aliphatic carboxylic acids is 1. The highest BCUT2D eigenvalue weighted by molar-refractivity contribution is 7.89. The number of anilines is 1. The molecule has 6 rings (SSSR count). The minimum absolute atomic E-state index is 0.0472. The normalized spacial score (nSPS) is 14.4. The Labute approximate surface area is 237 Å². The van der Waals surface area contributed by atoms with Crippen molar-refractivity contribution in [3.05, 3.63) is 84.2 Å². The van der Waals surface area contributed by atoms with Gasteiger partial charge in [-0.15, -0.1) is 0 Å². The van der Waals surface area contributed by atoms with E-state index in [-0.39, 0.29) is 24.8 Å². The van der Waals surface area contributed by atoms with Gasteiger partial charge < -0.3 is 15.6 Å². The summed E-state index contributed by atoms with van der Waals surface area (Å²) in [5.41, 5.74) is 10.2. The molecule has 2 aromatic heterocycles. The number of hydrogen-bond acceptors (Lipinski definition) is 7. The molecule has 210 valence electrons. The average Bonchev–Trinajstić information content (AvgIpc) is 3.28. The third-order valence-corrected chi connectivity index (χ3v) is 9.37. The van der Waals surface area contributed by atoms with E-state index < -0.39 is 16.0 Å². The summed E-state index contributed by atoms with van der Waals surface area (Å²) in [5, 5.41) is 16.9. The minimum Gasteiger partial charge on any atom is -0.487 e. The van der Waals surface area contributed by atoms with Crippen molar-refractivity contribution in [1.82, 2.24) is 19.1 Å².